The Morgan fingerprint density at radius 1 is 1.19 bits per heavy atom. The van der Waals surface area contributed by atoms with E-state index in [0.717, 1.165) is 19.5 Å². The van der Waals surface area contributed by atoms with Gasteiger partial charge in [-0.1, -0.05) is 18.2 Å². The number of ether oxygens (including phenoxy) is 1. The molecular weight excluding hydrogens is 345 g/mol. The minimum atomic E-state index is -4.22. The van der Waals surface area contributed by atoms with Crippen LogP contribution in [0.25, 0.3) is 0 Å². The lowest BCUT2D eigenvalue weighted by molar-refractivity contribution is -0.134. The van der Waals surface area contributed by atoms with Crippen molar-refractivity contribution in [3.63, 3.8) is 0 Å². The molecule has 144 valence electrons. The fourth-order valence-electron chi connectivity index (χ4n) is 3.99. The van der Waals surface area contributed by atoms with E-state index in [0.29, 0.717) is 30.9 Å². The summed E-state index contributed by atoms with van der Waals surface area (Å²) in [5, 5.41) is 0. The van der Waals surface area contributed by atoms with Gasteiger partial charge in [0.1, 0.15) is 0 Å². The molecule has 1 amide bonds. The van der Waals surface area contributed by atoms with Crippen LogP contribution in [0.2, 0.25) is 0 Å². The van der Waals surface area contributed by atoms with Crippen molar-refractivity contribution in [3.8, 4) is 0 Å². The second-order valence-electron chi connectivity index (χ2n) is 7.02. The number of carbonyl (C=O) groups is 1. The topological polar surface area (TPSA) is 32.8 Å². The molecule has 0 spiro atoms. The van der Waals surface area contributed by atoms with Gasteiger partial charge < -0.3 is 9.64 Å². The van der Waals surface area contributed by atoms with Crippen molar-refractivity contribution in [2.45, 2.75) is 44.4 Å². The Balaban J connectivity index is 1.71. The summed E-state index contributed by atoms with van der Waals surface area (Å²) < 4.78 is 43.1. The van der Waals surface area contributed by atoms with E-state index in [1.165, 1.54) is 0 Å². The summed E-state index contributed by atoms with van der Waals surface area (Å²) >= 11 is 0. The Hall–Kier alpha value is -1.60. The molecule has 3 rings (SSSR count). The van der Waals surface area contributed by atoms with Crippen molar-refractivity contribution >= 4 is 5.91 Å². The summed E-state index contributed by atoms with van der Waals surface area (Å²) in [6.45, 7) is 5.80. The number of likely N-dealkylation sites (tertiary alicyclic amines) is 1. The number of aryl methyl sites for hydroxylation is 1. The third kappa shape index (κ3) is 4.38. The molecule has 2 aliphatic heterocycles. The van der Waals surface area contributed by atoms with Gasteiger partial charge in [0, 0.05) is 43.7 Å². The van der Waals surface area contributed by atoms with Crippen LogP contribution in [0.1, 0.15) is 35.7 Å². The Morgan fingerprint density at radius 3 is 2.58 bits per heavy atom. The Labute approximate surface area is 151 Å². The van der Waals surface area contributed by atoms with Crippen molar-refractivity contribution in [3.05, 3.63) is 35.4 Å². The maximum atomic E-state index is 13.0. The molecule has 0 saturated carbocycles. The molecule has 0 bridgehead atoms. The van der Waals surface area contributed by atoms with Gasteiger partial charge in [-0.15, -0.1) is 0 Å². The highest BCUT2D eigenvalue weighted by Crippen LogP contribution is 2.28. The highest BCUT2D eigenvalue weighted by atomic mass is 19.4. The van der Waals surface area contributed by atoms with Gasteiger partial charge in [0.2, 0.25) is 0 Å². The van der Waals surface area contributed by atoms with Crippen molar-refractivity contribution in [2.24, 2.45) is 0 Å². The van der Waals surface area contributed by atoms with Gasteiger partial charge in [0.05, 0.1) is 13.2 Å². The molecule has 0 N–H and O–H groups in total. The van der Waals surface area contributed by atoms with Crippen LogP contribution in [0.3, 0.4) is 0 Å². The molecule has 2 saturated heterocycles. The van der Waals surface area contributed by atoms with E-state index >= 15 is 0 Å². The molecule has 2 atom stereocenters. The molecule has 7 heteroatoms. The highest BCUT2D eigenvalue weighted by Gasteiger charge is 2.38. The standard InChI is InChI=1S/C19H25F3N2O2/c1-14-17(23-10-12-26-13-11-23)7-9-24(14)18(25)16-5-3-2-4-15(16)6-8-19(20,21)22/h2-5,14,17H,6-13H2,1H3/t14-,17-/m1/s1. The van der Waals surface area contributed by atoms with Crippen molar-refractivity contribution in [1.82, 2.24) is 9.80 Å². The van der Waals surface area contributed by atoms with E-state index in [1.54, 1.807) is 24.3 Å². The molecule has 2 fully saturated rings. The lowest BCUT2D eigenvalue weighted by Gasteiger charge is -2.35. The number of rotatable bonds is 4. The second-order valence-corrected chi connectivity index (χ2v) is 7.02. The van der Waals surface area contributed by atoms with E-state index in [1.807, 2.05) is 11.8 Å². The lowest BCUT2D eigenvalue weighted by Crippen LogP contribution is -2.49. The highest BCUT2D eigenvalue weighted by molar-refractivity contribution is 5.96. The van der Waals surface area contributed by atoms with Crippen molar-refractivity contribution < 1.29 is 22.7 Å². The summed E-state index contributed by atoms with van der Waals surface area (Å²) in [7, 11) is 0. The molecule has 1 aromatic rings. The van der Waals surface area contributed by atoms with Gasteiger partial charge in [-0.05, 0) is 31.4 Å². The maximum absolute atomic E-state index is 13.0. The zero-order chi connectivity index (χ0) is 18.7. The Morgan fingerprint density at radius 2 is 1.88 bits per heavy atom. The first-order chi connectivity index (χ1) is 12.4. The van der Waals surface area contributed by atoms with Gasteiger partial charge in [0.15, 0.2) is 0 Å². The minimum absolute atomic E-state index is 0.0382. The molecule has 4 nitrogen and oxygen atoms in total. The van der Waals surface area contributed by atoms with E-state index in [2.05, 4.69) is 4.90 Å². The largest absolute Gasteiger partial charge is 0.389 e. The average Bonchev–Trinajstić information content (AvgIpc) is 3.01. The minimum Gasteiger partial charge on any atom is -0.379 e. The number of hydrogen-bond acceptors (Lipinski definition) is 3. The normalized spacial score (nSPS) is 24.8. The molecule has 1 aromatic carbocycles. The monoisotopic (exact) mass is 370 g/mol. The summed E-state index contributed by atoms with van der Waals surface area (Å²) in [4.78, 5) is 17.2. The molecular formula is C19H25F3N2O2. The van der Waals surface area contributed by atoms with E-state index in [9.17, 15) is 18.0 Å². The number of amides is 1. The van der Waals surface area contributed by atoms with Gasteiger partial charge >= 0.3 is 6.18 Å². The van der Waals surface area contributed by atoms with Gasteiger partial charge in [-0.2, -0.15) is 13.2 Å². The average molecular weight is 370 g/mol. The first-order valence-electron chi connectivity index (χ1n) is 9.14. The van der Waals surface area contributed by atoms with E-state index in [4.69, 9.17) is 4.74 Å². The third-order valence-electron chi connectivity index (χ3n) is 5.42. The number of halogens is 3. The van der Waals surface area contributed by atoms with Gasteiger partial charge in [-0.25, -0.2) is 0 Å². The molecule has 0 unspecified atom stereocenters. The summed E-state index contributed by atoms with van der Waals surface area (Å²) in [5.41, 5.74) is 0.864. The first-order valence-corrected chi connectivity index (χ1v) is 9.14. The lowest BCUT2D eigenvalue weighted by atomic mass is 10.0. The third-order valence-corrected chi connectivity index (χ3v) is 5.42. The van der Waals surface area contributed by atoms with Gasteiger partial charge in [-0.3, -0.25) is 9.69 Å². The summed E-state index contributed by atoms with van der Waals surface area (Å²) in [6, 6.07) is 6.99. The zero-order valence-corrected chi connectivity index (χ0v) is 15.0. The fourth-order valence-corrected chi connectivity index (χ4v) is 3.99. The van der Waals surface area contributed by atoms with E-state index < -0.39 is 12.6 Å². The predicted molar refractivity (Wildman–Crippen MR) is 92.1 cm³/mol. The van der Waals surface area contributed by atoms with Crippen LogP contribution in [0, 0.1) is 0 Å². The summed E-state index contributed by atoms with van der Waals surface area (Å²) in [5.74, 6) is -0.161. The number of morpholine rings is 1. The van der Waals surface area contributed by atoms with Crippen LogP contribution in [0.5, 0.6) is 0 Å². The quantitative estimate of drug-likeness (QED) is 0.817. The van der Waals surface area contributed by atoms with Crippen LogP contribution in [-0.4, -0.2) is 66.8 Å². The summed E-state index contributed by atoms with van der Waals surface area (Å²) in [6.07, 6.45) is -4.42. The number of alkyl halides is 3. The molecule has 0 radical (unpaired) electrons. The Kier molecular flexibility index (Phi) is 5.87. The second kappa shape index (κ2) is 7.96. The van der Waals surface area contributed by atoms with Crippen LogP contribution in [-0.2, 0) is 11.2 Å². The molecule has 2 heterocycles. The maximum Gasteiger partial charge on any atom is 0.389 e. The molecule has 2 aliphatic rings. The molecule has 0 aliphatic carbocycles. The number of nitrogens with zero attached hydrogens (tertiary/aromatic N) is 2. The molecule has 26 heavy (non-hydrogen) atoms. The number of carbonyl (C=O) groups excluding carboxylic acids is 1. The predicted octanol–water partition coefficient (Wildman–Crippen LogP) is 3.12. The number of hydrogen-bond donors (Lipinski definition) is 0. The van der Waals surface area contributed by atoms with Crippen molar-refractivity contribution in [2.75, 3.05) is 32.8 Å². The smallest absolute Gasteiger partial charge is 0.379 e. The van der Waals surface area contributed by atoms with Crippen LogP contribution in [0.4, 0.5) is 13.2 Å². The Bertz CT molecular complexity index is 629. The van der Waals surface area contributed by atoms with Crippen LogP contribution < -0.4 is 0 Å². The van der Waals surface area contributed by atoms with Crippen molar-refractivity contribution in [1.29, 1.82) is 0 Å². The van der Waals surface area contributed by atoms with Crippen LogP contribution in [0.15, 0.2) is 24.3 Å². The van der Waals surface area contributed by atoms with Gasteiger partial charge in [0.25, 0.3) is 5.91 Å². The van der Waals surface area contributed by atoms with E-state index in [-0.39, 0.29) is 24.4 Å². The zero-order valence-electron chi connectivity index (χ0n) is 15.0. The number of benzene rings is 1. The fraction of sp³-hybridized carbons (Fsp3) is 0.632. The van der Waals surface area contributed by atoms with Crippen LogP contribution >= 0.6 is 0 Å². The SMILES string of the molecule is C[C@@H]1[C@H](N2CCOCC2)CCN1C(=O)c1ccccc1CCC(F)(F)F. The first kappa shape index (κ1) is 19.2. The molecule has 0 aromatic heterocycles.